The molecule has 0 unspecified atom stereocenters. The van der Waals surface area contributed by atoms with Gasteiger partial charge in [0.05, 0.1) is 18.9 Å². The van der Waals surface area contributed by atoms with Crippen molar-refractivity contribution in [3.8, 4) is 0 Å². The van der Waals surface area contributed by atoms with Gasteiger partial charge in [0, 0.05) is 36.4 Å². The van der Waals surface area contributed by atoms with Gasteiger partial charge in [0.25, 0.3) is 5.56 Å². The number of ether oxygens (including phenoxy) is 2. The van der Waals surface area contributed by atoms with Crippen molar-refractivity contribution in [3.63, 3.8) is 0 Å². The number of rotatable bonds is 7. The van der Waals surface area contributed by atoms with Crippen LogP contribution in [0.3, 0.4) is 0 Å². The molecular formula is C32H36N6O6. The summed E-state index contributed by atoms with van der Waals surface area (Å²) >= 11 is 0. The zero-order valence-corrected chi connectivity index (χ0v) is 24.7. The van der Waals surface area contributed by atoms with Crippen molar-refractivity contribution in [2.24, 2.45) is 0 Å². The van der Waals surface area contributed by atoms with Gasteiger partial charge in [0.15, 0.2) is 11.6 Å². The number of aliphatic hydroxyl groups is 1. The minimum absolute atomic E-state index is 0.0323. The van der Waals surface area contributed by atoms with E-state index in [0.29, 0.717) is 50.1 Å². The predicted molar refractivity (Wildman–Crippen MR) is 161 cm³/mol. The second-order valence-electron chi connectivity index (χ2n) is 11.9. The molecule has 1 aliphatic heterocycles. The fourth-order valence-corrected chi connectivity index (χ4v) is 6.78. The van der Waals surface area contributed by atoms with Gasteiger partial charge in [-0.1, -0.05) is 54.9 Å². The summed E-state index contributed by atoms with van der Waals surface area (Å²) < 4.78 is 20.3. The van der Waals surface area contributed by atoms with Gasteiger partial charge in [0.1, 0.15) is 12.4 Å². The number of hydrogen-bond acceptors (Lipinski definition) is 9. The number of aromatic nitrogens is 6. The molecule has 12 heteroatoms. The Bertz CT molecular complexity index is 1830. The molecule has 2 aliphatic carbocycles. The summed E-state index contributed by atoms with van der Waals surface area (Å²) in [5, 5.41) is 18.3. The van der Waals surface area contributed by atoms with Crippen LogP contribution in [0.25, 0.3) is 16.9 Å². The van der Waals surface area contributed by atoms with Gasteiger partial charge in [-0.15, -0.1) is 0 Å². The van der Waals surface area contributed by atoms with Gasteiger partial charge in [-0.25, -0.2) is 9.31 Å². The van der Waals surface area contributed by atoms with Crippen molar-refractivity contribution in [2.45, 2.75) is 82.6 Å². The first kappa shape index (κ1) is 28.6. The summed E-state index contributed by atoms with van der Waals surface area (Å²) in [5.74, 6) is -0.290. The number of aliphatic hydroxyl groups excluding tert-OH is 1. The number of allylic oxidation sites excluding steroid dienone is 4. The van der Waals surface area contributed by atoms with Crippen molar-refractivity contribution in [1.82, 2.24) is 29.3 Å². The Labute approximate surface area is 253 Å². The fraction of sp³-hybridized carbons (Fsp3) is 0.469. The Morgan fingerprint density at radius 3 is 2.45 bits per heavy atom. The quantitative estimate of drug-likeness (QED) is 0.324. The van der Waals surface area contributed by atoms with E-state index in [1.54, 1.807) is 0 Å². The smallest absolute Gasteiger partial charge is 0.388 e. The van der Waals surface area contributed by atoms with Crippen LogP contribution in [-0.4, -0.2) is 59.5 Å². The minimum atomic E-state index is -0.693. The zero-order chi connectivity index (χ0) is 30.3. The molecule has 7 rings (SSSR count). The maximum atomic E-state index is 14.3. The third-order valence-electron chi connectivity index (χ3n) is 8.97. The van der Waals surface area contributed by atoms with Crippen LogP contribution in [0.5, 0.6) is 0 Å². The van der Waals surface area contributed by atoms with Crippen molar-refractivity contribution in [1.29, 1.82) is 0 Å². The Balaban J connectivity index is 1.19. The van der Waals surface area contributed by atoms with E-state index in [1.807, 2.05) is 21.2 Å². The van der Waals surface area contributed by atoms with Crippen LogP contribution >= 0.6 is 0 Å². The number of H-pyrrole nitrogens is 1. The molecule has 3 aliphatic rings. The Kier molecular flexibility index (Phi) is 7.65. The SMILES string of the molecule is CCCc1c(Cc2ccc(C3=CCCC=C3c3noc(=O)[nH]3)cc2)c(=O)n(C2CCC3(CC2)OCC(O)CO3)c2ncnn12. The van der Waals surface area contributed by atoms with Gasteiger partial charge in [-0.2, -0.15) is 10.1 Å². The maximum absolute atomic E-state index is 14.3. The summed E-state index contributed by atoms with van der Waals surface area (Å²) in [6.45, 7) is 2.63. The fourth-order valence-electron chi connectivity index (χ4n) is 6.78. The van der Waals surface area contributed by atoms with E-state index in [-0.39, 0.29) is 24.8 Å². The van der Waals surface area contributed by atoms with Crippen LogP contribution in [0.2, 0.25) is 0 Å². The topological polar surface area (TPSA) is 150 Å². The second kappa shape index (κ2) is 11.8. The molecule has 1 spiro atoms. The average molecular weight is 601 g/mol. The Hall–Kier alpha value is -4.13. The number of hydrogen-bond donors (Lipinski definition) is 2. The first-order valence-corrected chi connectivity index (χ1v) is 15.4. The van der Waals surface area contributed by atoms with Gasteiger partial charge in [-0.05, 0) is 48.8 Å². The van der Waals surface area contributed by atoms with Crippen LogP contribution in [0.15, 0.2) is 56.9 Å². The highest BCUT2D eigenvalue weighted by atomic mass is 16.7. The first-order chi connectivity index (χ1) is 21.4. The van der Waals surface area contributed by atoms with Gasteiger partial charge < -0.3 is 14.6 Å². The Morgan fingerprint density at radius 2 is 1.77 bits per heavy atom. The lowest BCUT2D eigenvalue weighted by molar-refractivity contribution is -0.305. The lowest BCUT2D eigenvalue weighted by atomic mass is 9.88. The maximum Gasteiger partial charge on any atom is 0.439 e. The van der Waals surface area contributed by atoms with Gasteiger partial charge in [-0.3, -0.25) is 18.9 Å². The molecule has 1 aromatic carbocycles. The minimum Gasteiger partial charge on any atom is -0.388 e. The Morgan fingerprint density at radius 1 is 1.05 bits per heavy atom. The molecule has 0 radical (unpaired) electrons. The molecule has 0 bridgehead atoms. The third-order valence-corrected chi connectivity index (χ3v) is 8.97. The second-order valence-corrected chi connectivity index (χ2v) is 11.9. The molecule has 0 amide bonds. The number of nitrogens with zero attached hydrogens (tertiary/aromatic N) is 5. The summed E-state index contributed by atoms with van der Waals surface area (Å²) in [4.78, 5) is 33.1. The van der Waals surface area contributed by atoms with E-state index in [0.717, 1.165) is 52.8 Å². The standard InChI is InChI=1S/C32H36N6O6/c1-2-5-27-26(16-20-8-10-21(11-9-20)24-6-3-4-7-25(24)28-35-31(41)44-36-28)29(40)37(30-33-19-34-38(27)30)22-12-14-32(15-13-22)42-17-23(39)18-43-32/h6-11,19,22-23,39H,2-5,12-18H2,1H3,(H,35,36,41). The van der Waals surface area contributed by atoms with Crippen LogP contribution in [0.1, 0.15) is 86.1 Å². The summed E-state index contributed by atoms with van der Waals surface area (Å²) in [6.07, 6.45) is 11.6. The molecule has 1 saturated heterocycles. The van der Waals surface area contributed by atoms with E-state index in [4.69, 9.17) is 14.0 Å². The van der Waals surface area contributed by atoms with Crippen LogP contribution in [0.4, 0.5) is 0 Å². The number of fused-ring (bicyclic) bond motifs is 1. The normalized spacial score (nSPS) is 24.0. The van der Waals surface area contributed by atoms with E-state index >= 15 is 0 Å². The number of aromatic amines is 1. The average Bonchev–Trinajstić information content (AvgIpc) is 3.71. The molecule has 2 fully saturated rings. The monoisotopic (exact) mass is 600 g/mol. The molecular weight excluding hydrogens is 564 g/mol. The number of nitrogens with one attached hydrogen (secondary N) is 1. The largest absolute Gasteiger partial charge is 0.439 e. The van der Waals surface area contributed by atoms with Crippen molar-refractivity contribution < 1.29 is 19.1 Å². The van der Waals surface area contributed by atoms with Crippen molar-refractivity contribution in [2.75, 3.05) is 13.2 Å². The summed E-state index contributed by atoms with van der Waals surface area (Å²) in [5.41, 5.74) is 5.42. The number of aryl methyl sites for hydroxylation is 1. The van der Waals surface area contributed by atoms with E-state index in [1.165, 1.54) is 6.33 Å². The van der Waals surface area contributed by atoms with E-state index in [2.05, 4.69) is 51.4 Å². The molecule has 230 valence electrons. The molecule has 2 N–H and O–H groups in total. The predicted octanol–water partition coefficient (Wildman–Crippen LogP) is 3.59. The molecule has 0 atom stereocenters. The van der Waals surface area contributed by atoms with Crippen molar-refractivity contribution in [3.05, 3.63) is 91.9 Å². The molecule has 1 saturated carbocycles. The van der Waals surface area contributed by atoms with E-state index < -0.39 is 17.6 Å². The zero-order valence-electron chi connectivity index (χ0n) is 24.7. The first-order valence-electron chi connectivity index (χ1n) is 15.4. The van der Waals surface area contributed by atoms with Crippen LogP contribution in [-0.2, 0) is 22.3 Å². The van der Waals surface area contributed by atoms with Crippen LogP contribution in [0, 0.1) is 0 Å². The molecule has 44 heavy (non-hydrogen) atoms. The third kappa shape index (κ3) is 5.27. The highest BCUT2D eigenvalue weighted by molar-refractivity contribution is 6.03. The lowest BCUT2D eigenvalue weighted by Gasteiger charge is -2.43. The van der Waals surface area contributed by atoms with Gasteiger partial charge in [0.2, 0.25) is 5.78 Å². The highest BCUT2D eigenvalue weighted by Gasteiger charge is 2.42. The molecule has 4 aromatic rings. The lowest BCUT2D eigenvalue weighted by Crippen LogP contribution is -2.49. The van der Waals surface area contributed by atoms with Gasteiger partial charge >= 0.3 is 5.76 Å². The molecule has 12 nitrogen and oxygen atoms in total. The molecule has 4 heterocycles. The van der Waals surface area contributed by atoms with E-state index in [9.17, 15) is 14.7 Å². The van der Waals surface area contributed by atoms with Crippen LogP contribution < -0.4 is 11.3 Å². The summed E-state index contributed by atoms with van der Waals surface area (Å²) in [7, 11) is 0. The highest BCUT2D eigenvalue weighted by Crippen LogP contribution is 2.40. The number of benzene rings is 1. The summed E-state index contributed by atoms with van der Waals surface area (Å²) in [6, 6.07) is 8.13. The van der Waals surface area contributed by atoms with Crippen molar-refractivity contribution >= 4 is 16.9 Å². The molecule has 3 aromatic heterocycles.